The molecule has 3 aromatic rings. The Kier molecular flexibility index (Phi) is 8.90. The second-order valence-electron chi connectivity index (χ2n) is 8.83. The van der Waals surface area contributed by atoms with Gasteiger partial charge in [0.15, 0.2) is 16.6 Å². The average Bonchev–Trinajstić information content (AvgIpc) is 3.67. The summed E-state index contributed by atoms with van der Waals surface area (Å²) in [6.07, 6.45) is 2.35. The lowest BCUT2D eigenvalue weighted by Gasteiger charge is -2.21. The molecule has 0 bridgehead atoms. The molecule has 3 amide bonds. The van der Waals surface area contributed by atoms with Crippen molar-refractivity contribution in [3.05, 3.63) is 70.5 Å². The Morgan fingerprint density at radius 2 is 1.79 bits per heavy atom. The van der Waals surface area contributed by atoms with Crippen LogP contribution in [0.1, 0.15) is 34.5 Å². The van der Waals surface area contributed by atoms with Crippen molar-refractivity contribution in [3.63, 3.8) is 0 Å². The summed E-state index contributed by atoms with van der Waals surface area (Å²) >= 11 is 1.21. The summed E-state index contributed by atoms with van der Waals surface area (Å²) in [7, 11) is 3.15. The topological polar surface area (TPSA) is 110 Å². The molecule has 0 spiro atoms. The Balaban J connectivity index is 1.24. The van der Waals surface area contributed by atoms with E-state index in [0.29, 0.717) is 40.9 Å². The van der Waals surface area contributed by atoms with Crippen LogP contribution in [0.25, 0.3) is 0 Å². The number of halogens is 1. The van der Waals surface area contributed by atoms with Gasteiger partial charge in [0.1, 0.15) is 12.4 Å². The zero-order chi connectivity index (χ0) is 27.1. The van der Waals surface area contributed by atoms with Crippen LogP contribution < -0.4 is 20.1 Å². The molecular formula is C27H29FN4O5S. The molecule has 38 heavy (non-hydrogen) atoms. The molecule has 1 fully saturated rings. The molecule has 0 unspecified atom stereocenters. The lowest BCUT2D eigenvalue weighted by molar-refractivity contribution is -0.120. The summed E-state index contributed by atoms with van der Waals surface area (Å²) in [5.74, 6) is -0.0263. The molecule has 0 aliphatic heterocycles. The molecule has 1 aliphatic carbocycles. The first-order valence-electron chi connectivity index (χ1n) is 12.1. The van der Waals surface area contributed by atoms with Gasteiger partial charge in [-0.1, -0.05) is 6.07 Å². The van der Waals surface area contributed by atoms with Crippen LogP contribution >= 0.6 is 11.3 Å². The number of hydrogen-bond donors (Lipinski definition) is 2. The highest BCUT2D eigenvalue weighted by atomic mass is 32.1. The standard InChI is InChI=1S/C27H29FN4O5S/c1-36-22-10-3-17(13-23(22)37-2)11-12-29-24(33)14-20-16-38-27(30-20)31-25(34)15-32(21-8-9-21)26(35)18-4-6-19(28)7-5-18/h3-7,10,13,16,21H,8-9,11-12,14-15H2,1-2H3,(H,29,33)(H,30,31,34). The summed E-state index contributed by atoms with van der Waals surface area (Å²) in [6, 6.07) is 10.9. The number of nitrogens with one attached hydrogen (secondary N) is 2. The molecule has 0 radical (unpaired) electrons. The quantitative estimate of drug-likeness (QED) is 0.364. The number of aromatic nitrogens is 1. The fourth-order valence-electron chi connectivity index (χ4n) is 3.88. The number of anilines is 1. The van der Waals surface area contributed by atoms with Gasteiger partial charge in [0, 0.05) is 23.5 Å². The second kappa shape index (κ2) is 12.5. The summed E-state index contributed by atoms with van der Waals surface area (Å²) < 4.78 is 23.7. The van der Waals surface area contributed by atoms with E-state index in [1.165, 1.54) is 40.5 Å². The maximum absolute atomic E-state index is 13.2. The summed E-state index contributed by atoms with van der Waals surface area (Å²) in [5.41, 5.74) is 1.87. The number of carbonyl (C=O) groups excluding carboxylic acids is 3. The average molecular weight is 541 g/mol. The molecule has 2 N–H and O–H groups in total. The zero-order valence-electron chi connectivity index (χ0n) is 21.2. The molecule has 11 heteroatoms. The highest BCUT2D eigenvalue weighted by Crippen LogP contribution is 2.29. The third-order valence-corrected chi connectivity index (χ3v) is 6.78. The zero-order valence-corrected chi connectivity index (χ0v) is 22.0. The van der Waals surface area contributed by atoms with E-state index < -0.39 is 5.82 Å². The van der Waals surface area contributed by atoms with E-state index in [2.05, 4.69) is 15.6 Å². The van der Waals surface area contributed by atoms with E-state index in [-0.39, 0.29) is 36.7 Å². The summed E-state index contributed by atoms with van der Waals surface area (Å²) in [6.45, 7) is 0.313. The van der Waals surface area contributed by atoms with Crippen LogP contribution in [-0.4, -0.2) is 61.0 Å². The lowest BCUT2D eigenvalue weighted by atomic mass is 10.1. The van der Waals surface area contributed by atoms with E-state index in [4.69, 9.17) is 9.47 Å². The summed E-state index contributed by atoms with van der Waals surface area (Å²) in [4.78, 5) is 43.7. The van der Waals surface area contributed by atoms with Gasteiger partial charge in [0.25, 0.3) is 5.91 Å². The lowest BCUT2D eigenvalue weighted by Crippen LogP contribution is -2.39. The molecular weight excluding hydrogens is 511 g/mol. The van der Waals surface area contributed by atoms with E-state index in [1.54, 1.807) is 19.6 Å². The Morgan fingerprint density at radius 3 is 2.47 bits per heavy atom. The van der Waals surface area contributed by atoms with E-state index >= 15 is 0 Å². The highest BCUT2D eigenvalue weighted by Gasteiger charge is 2.34. The van der Waals surface area contributed by atoms with Gasteiger partial charge in [-0.3, -0.25) is 14.4 Å². The molecule has 9 nitrogen and oxygen atoms in total. The number of thiazole rings is 1. The van der Waals surface area contributed by atoms with Crippen LogP contribution in [0.15, 0.2) is 47.8 Å². The molecule has 2 aromatic carbocycles. The van der Waals surface area contributed by atoms with E-state index in [1.807, 2.05) is 18.2 Å². The van der Waals surface area contributed by atoms with Gasteiger partial charge in [-0.2, -0.15) is 0 Å². The third kappa shape index (κ3) is 7.28. The Hall–Kier alpha value is -3.99. The number of ether oxygens (including phenoxy) is 2. The minimum absolute atomic E-state index is 0.00661. The molecule has 1 saturated carbocycles. The number of amides is 3. The van der Waals surface area contributed by atoms with Gasteiger partial charge in [-0.05, 0) is 61.2 Å². The maximum Gasteiger partial charge on any atom is 0.254 e. The van der Waals surface area contributed by atoms with Gasteiger partial charge in [0.05, 0.1) is 26.3 Å². The maximum atomic E-state index is 13.2. The Morgan fingerprint density at radius 1 is 1.05 bits per heavy atom. The smallest absolute Gasteiger partial charge is 0.254 e. The first-order chi connectivity index (χ1) is 18.4. The van der Waals surface area contributed by atoms with Gasteiger partial charge in [-0.25, -0.2) is 9.37 Å². The van der Waals surface area contributed by atoms with Crippen LogP contribution in [-0.2, 0) is 22.4 Å². The van der Waals surface area contributed by atoms with Gasteiger partial charge < -0.3 is 25.0 Å². The minimum Gasteiger partial charge on any atom is -0.493 e. The van der Waals surface area contributed by atoms with Crippen LogP contribution in [0, 0.1) is 5.82 Å². The SMILES string of the molecule is COc1ccc(CCNC(=O)Cc2csc(NC(=O)CN(C(=O)c3ccc(F)cc3)C3CC3)n2)cc1OC. The van der Waals surface area contributed by atoms with Gasteiger partial charge in [-0.15, -0.1) is 11.3 Å². The van der Waals surface area contributed by atoms with Crippen molar-refractivity contribution >= 4 is 34.2 Å². The number of carbonyl (C=O) groups is 3. The molecule has 1 aliphatic rings. The van der Waals surface area contributed by atoms with Crippen molar-refractivity contribution in [3.8, 4) is 11.5 Å². The van der Waals surface area contributed by atoms with Crippen LogP contribution in [0.2, 0.25) is 0 Å². The third-order valence-electron chi connectivity index (χ3n) is 5.98. The highest BCUT2D eigenvalue weighted by molar-refractivity contribution is 7.13. The van der Waals surface area contributed by atoms with Gasteiger partial charge >= 0.3 is 0 Å². The Labute approximate surface area is 224 Å². The number of hydrogen-bond acceptors (Lipinski definition) is 7. The monoisotopic (exact) mass is 540 g/mol. The van der Waals surface area contributed by atoms with Crippen molar-refractivity contribution in [2.45, 2.75) is 31.7 Å². The molecule has 0 saturated heterocycles. The van der Waals surface area contributed by atoms with E-state index in [9.17, 15) is 18.8 Å². The van der Waals surface area contributed by atoms with Crippen molar-refractivity contribution in [2.24, 2.45) is 0 Å². The second-order valence-corrected chi connectivity index (χ2v) is 9.69. The van der Waals surface area contributed by atoms with Crippen LogP contribution in [0.5, 0.6) is 11.5 Å². The predicted octanol–water partition coefficient (Wildman–Crippen LogP) is 3.44. The number of benzene rings is 2. The molecule has 1 aromatic heterocycles. The van der Waals surface area contributed by atoms with Crippen LogP contribution in [0.3, 0.4) is 0 Å². The first-order valence-corrected chi connectivity index (χ1v) is 13.0. The normalized spacial score (nSPS) is 12.5. The summed E-state index contributed by atoms with van der Waals surface area (Å²) in [5, 5.41) is 7.65. The van der Waals surface area contributed by atoms with E-state index in [0.717, 1.165) is 18.4 Å². The fourth-order valence-corrected chi connectivity index (χ4v) is 4.61. The minimum atomic E-state index is -0.427. The molecule has 1 heterocycles. The first kappa shape index (κ1) is 27.1. The molecule has 200 valence electrons. The van der Waals surface area contributed by atoms with Crippen molar-refractivity contribution in [1.29, 1.82) is 0 Å². The van der Waals surface area contributed by atoms with Gasteiger partial charge in [0.2, 0.25) is 11.8 Å². The fraction of sp³-hybridized carbons (Fsp3) is 0.333. The molecule has 0 atom stereocenters. The number of methoxy groups -OCH3 is 2. The largest absolute Gasteiger partial charge is 0.493 e. The van der Waals surface area contributed by atoms with Crippen molar-refractivity contribution < 1.29 is 28.2 Å². The van der Waals surface area contributed by atoms with Crippen LogP contribution in [0.4, 0.5) is 9.52 Å². The van der Waals surface area contributed by atoms with Crippen molar-refractivity contribution in [1.82, 2.24) is 15.2 Å². The predicted molar refractivity (Wildman–Crippen MR) is 141 cm³/mol. The molecule has 4 rings (SSSR count). The number of rotatable bonds is 12. The Bertz CT molecular complexity index is 1290. The number of nitrogens with zero attached hydrogens (tertiary/aromatic N) is 2. The van der Waals surface area contributed by atoms with Crippen molar-refractivity contribution in [2.75, 3.05) is 32.6 Å².